The van der Waals surface area contributed by atoms with Crippen LogP contribution in [0.1, 0.15) is 43.7 Å². The largest absolute Gasteiger partial charge is 0.497 e. The molecule has 0 aromatic heterocycles. The van der Waals surface area contributed by atoms with Crippen molar-refractivity contribution in [2.75, 3.05) is 13.7 Å². The van der Waals surface area contributed by atoms with Gasteiger partial charge in [0.25, 0.3) is 0 Å². The number of methoxy groups -OCH3 is 1. The number of rotatable bonds is 7. The maximum absolute atomic E-state index is 13.5. The lowest BCUT2D eigenvalue weighted by Gasteiger charge is -2.33. The molecule has 0 radical (unpaired) electrons. The summed E-state index contributed by atoms with van der Waals surface area (Å²) in [6.45, 7) is 3.60. The highest BCUT2D eigenvalue weighted by Crippen LogP contribution is 2.24. The summed E-state index contributed by atoms with van der Waals surface area (Å²) in [6, 6.07) is 17.3. The summed E-state index contributed by atoms with van der Waals surface area (Å²) in [5, 5.41) is 0. The third-order valence-electron chi connectivity index (χ3n) is 5.50. The van der Waals surface area contributed by atoms with Gasteiger partial charge in [-0.1, -0.05) is 48.9 Å². The Labute approximate surface area is 173 Å². The molecule has 0 aliphatic carbocycles. The highest BCUT2D eigenvalue weighted by molar-refractivity contribution is 5.88. The first-order chi connectivity index (χ1) is 14.1. The van der Waals surface area contributed by atoms with Crippen LogP contribution in [0.25, 0.3) is 0 Å². The molecule has 2 amide bonds. The maximum atomic E-state index is 13.5. The molecule has 5 nitrogen and oxygen atoms in total. The number of likely N-dealkylation sites (N-methyl/N-ethyl adjacent to an activating group) is 1. The van der Waals surface area contributed by atoms with Gasteiger partial charge >= 0.3 is 0 Å². The van der Waals surface area contributed by atoms with Crippen LogP contribution in [0, 0.1) is 0 Å². The van der Waals surface area contributed by atoms with E-state index in [1.54, 1.807) is 12.0 Å². The van der Waals surface area contributed by atoms with Crippen molar-refractivity contribution in [2.45, 2.75) is 51.7 Å². The van der Waals surface area contributed by atoms with E-state index >= 15 is 0 Å². The molecule has 1 saturated heterocycles. The number of carbonyl (C=O) groups excluding carboxylic acids is 2. The second kappa shape index (κ2) is 10.1. The van der Waals surface area contributed by atoms with Gasteiger partial charge in [0.15, 0.2) is 0 Å². The summed E-state index contributed by atoms with van der Waals surface area (Å²) in [7, 11) is 1.63. The lowest BCUT2D eigenvalue weighted by atomic mass is 10.1. The summed E-state index contributed by atoms with van der Waals surface area (Å²) >= 11 is 0. The number of nitrogens with zero attached hydrogens (tertiary/aromatic N) is 2. The van der Waals surface area contributed by atoms with Crippen LogP contribution in [0.15, 0.2) is 54.6 Å². The zero-order valence-corrected chi connectivity index (χ0v) is 17.3. The number of benzene rings is 2. The third kappa shape index (κ3) is 5.37. The fourth-order valence-corrected chi connectivity index (χ4v) is 3.87. The Hall–Kier alpha value is -2.82. The minimum Gasteiger partial charge on any atom is -0.497 e. The SMILES string of the molecule is CCN(Cc1ccccc1)C(=O)C1CCCCC(=O)N1Cc1cccc(OC)c1. The summed E-state index contributed by atoms with van der Waals surface area (Å²) in [6.07, 6.45) is 2.93. The molecule has 1 fully saturated rings. The monoisotopic (exact) mass is 394 g/mol. The van der Waals surface area contributed by atoms with Crippen LogP contribution in [0.3, 0.4) is 0 Å². The smallest absolute Gasteiger partial charge is 0.245 e. The van der Waals surface area contributed by atoms with E-state index in [-0.39, 0.29) is 11.8 Å². The van der Waals surface area contributed by atoms with E-state index in [9.17, 15) is 9.59 Å². The Bertz CT molecular complexity index is 822. The van der Waals surface area contributed by atoms with Crippen LogP contribution in [0.2, 0.25) is 0 Å². The number of likely N-dealkylation sites (tertiary alicyclic amines) is 1. The lowest BCUT2D eigenvalue weighted by Crippen LogP contribution is -2.49. The fraction of sp³-hybridized carbons (Fsp3) is 0.417. The van der Waals surface area contributed by atoms with Crippen LogP contribution in [-0.4, -0.2) is 41.3 Å². The van der Waals surface area contributed by atoms with Gasteiger partial charge in [-0.15, -0.1) is 0 Å². The lowest BCUT2D eigenvalue weighted by molar-refractivity contribution is -0.146. The van der Waals surface area contributed by atoms with Gasteiger partial charge in [0.2, 0.25) is 11.8 Å². The second-order valence-electron chi connectivity index (χ2n) is 7.47. The van der Waals surface area contributed by atoms with E-state index in [0.29, 0.717) is 32.5 Å². The van der Waals surface area contributed by atoms with Gasteiger partial charge in [-0.25, -0.2) is 0 Å². The quantitative estimate of drug-likeness (QED) is 0.713. The number of ether oxygens (including phenoxy) is 1. The van der Waals surface area contributed by atoms with Gasteiger partial charge in [0.1, 0.15) is 11.8 Å². The van der Waals surface area contributed by atoms with Crippen molar-refractivity contribution in [3.8, 4) is 5.75 Å². The van der Waals surface area contributed by atoms with E-state index in [0.717, 1.165) is 29.7 Å². The molecule has 154 valence electrons. The minimum absolute atomic E-state index is 0.0366. The zero-order chi connectivity index (χ0) is 20.6. The van der Waals surface area contributed by atoms with Gasteiger partial charge in [-0.3, -0.25) is 9.59 Å². The van der Waals surface area contributed by atoms with Crippen LogP contribution in [0.5, 0.6) is 5.75 Å². The van der Waals surface area contributed by atoms with Crippen molar-refractivity contribution >= 4 is 11.8 Å². The topological polar surface area (TPSA) is 49.9 Å². The maximum Gasteiger partial charge on any atom is 0.245 e. The number of carbonyl (C=O) groups is 2. The first kappa shape index (κ1) is 20.9. The molecule has 0 saturated carbocycles. The molecule has 0 bridgehead atoms. The third-order valence-corrected chi connectivity index (χ3v) is 5.50. The van der Waals surface area contributed by atoms with E-state index < -0.39 is 6.04 Å². The molecule has 0 N–H and O–H groups in total. The molecule has 1 aliphatic heterocycles. The summed E-state index contributed by atoms with van der Waals surface area (Å²) in [5.41, 5.74) is 2.07. The average molecular weight is 395 g/mol. The molecular weight excluding hydrogens is 364 g/mol. The number of hydrogen-bond donors (Lipinski definition) is 0. The normalized spacial score (nSPS) is 17.0. The van der Waals surface area contributed by atoms with E-state index in [4.69, 9.17) is 4.74 Å². The van der Waals surface area contributed by atoms with Gasteiger partial charge in [0, 0.05) is 26.1 Å². The van der Waals surface area contributed by atoms with Gasteiger partial charge in [-0.2, -0.15) is 0 Å². The highest BCUT2D eigenvalue weighted by atomic mass is 16.5. The van der Waals surface area contributed by atoms with Crippen molar-refractivity contribution in [2.24, 2.45) is 0 Å². The van der Waals surface area contributed by atoms with Gasteiger partial charge in [-0.05, 0) is 43.0 Å². The zero-order valence-electron chi connectivity index (χ0n) is 17.3. The van der Waals surface area contributed by atoms with Crippen molar-refractivity contribution in [1.82, 2.24) is 9.80 Å². The van der Waals surface area contributed by atoms with Gasteiger partial charge < -0.3 is 14.5 Å². The first-order valence-corrected chi connectivity index (χ1v) is 10.4. The second-order valence-corrected chi connectivity index (χ2v) is 7.47. The van der Waals surface area contributed by atoms with Crippen molar-refractivity contribution in [1.29, 1.82) is 0 Å². The predicted octanol–water partition coefficient (Wildman–Crippen LogP) is 4.02. The molecule has 2 aromatic carbocycles. The van der Waals surface area contributed by atoms with Crippen LogP contribution >= 0.6 is 0 Å². The number of amides is 2. The summed E-state index contributed by atoms with van der Waals surface area (Å²) in [4.78, 5) is 30.0. The van der Waals surface area contributed by atoms with Crippen molar-refractivity contribution < 1.29 is 14.3 Å². The molecule has 2 aromatic rings. The van der Waals surface area contributed by atoms with Crippen molar-refractivity contribution in [3.05, 3.63) is 65.7 Å². The molecule has 1 heterocycles. The molecular formula is C24H30N2O3. The molecule has 1 aliphatic rings. The van der Waals surface area contributed by atoms with E-state index in [2.05, 4.69) is 0 Å². The summed E-state index contributed by atoms with van der Waals surface area (Å²) in [5.74, 6) is 0.848. The van der Waals surface area contributed by atoms with Gasteiger partial charge in [0.05, 0.1) is 7.11 Å². The van der Waals surface area contributed by atoms with E-state index in [1.165, 1.54) is 0 Å². The van der Waals surface area contributed by atoms with Crippen LogP contribution in [-0.2, 0) is 22.7 Å². The Morgan fingerprint density at radius 2 is 1.86 bits per heavy atom. The summed E-state index contributed by atoms with van der Waals surface area (Å²) < 4.78 is 5.31. The predicted molar refractivity (Wildman–Crippen MR) is 113 cm³/mol. The minimum atomic E-state index is -0.417. The molecule has 0 spiro atoms. The molecule has 1 atom stereocenters. The molecule has 1 unspecified atom stereocenters. The molecule has 3 rings (SSSR count). The average Bonchev–Trinajstić information content (AvgIpc) is 2.94. The van der Waals surface area contributed by atoms with Crippen LogP contribution in [0.4, 0.5) is 0 Å². The fourth-order valence-electron chi connectivity index (χ4n) is 3.87. The van der Waals surface area contributed by atoms with E-state index in [1.807, 2.05) is 66.4 Å². The first-order valence-electron chi connectivity index (χ1n) is 10.4. The Morgan fingerprint density at radius 3 is 2.59 bits per heavy atom. The number of hydrogen-bond acceptors (Lipinski definition) is 3. The molecule has 5 heteroatoms. The molecule has 29 heavy (non-hydrogen) atoms. The highest BCUT2D eigenvalue weighted by Gasteiger charge is 2.34. The standard InChI is InChI=1S/C24H30N2O3/c1-3-25(17-19-10-5-4-6-11-19)24(28)22-14-7-8-15-23(27)26(22)18-20-12-9-13-21(16-20)29-2/h4-6,9-13,16,22H,3,7-8,14-15,17-18H2,1-2H3. The Kier molecular flexibility index (Phi) is 7.28. The van der Waals surface area contributed by atoms with Crippen molar-refractivity contribution in [3.63, 3.8) is 0 Å². The Morgan fingerprint density at radius 1 is 1.10 bits per heavy atom. The Balaban J connectivity index is 1.82. The van der Waals surface area contributed by atoms with Crippen LogP contribution < -0.4 is 4.74 Å².